The van der Waals surface area contributed by atoms with Crippen LogP contribution in [0.2, 0.25) is 0 Å². The Morgan fingerprint density at radius 2 is 2.23 bits per heavy atom. The molecule has 0 radical (unpaired) electrons. The van der Waals surface area contributed by atoms with Gasteiger partial charge < -0.3 is 0 Å². The van der Waals surface area contributed by atoms with E-state index >= 15 is 0 Å². The molecular formula is C10H12BrNO. The molecule has 0 spiro atoms. The first-order valence-corrected chi connectivity index (χ1v) is 5.21. The van der Waals surface area contributed by atoms with Gasteiger partial charge >= 0.3 is 0 Å². The summed E-state index contributed by atoms with van der Waals surface area (Å²) >= 11 is 3.56. The van der Waals surface area contributed by atoms with E-state index in [0.717, 1.165) is 5.92 Å². The van der Waals surface area contributed by atoms with Gasteiger partial charge in [0.1, 0.15) is 0 Å². The minimum atomic E-state index is 0.505. The molecule has 0 bridgehead atoms. The van der Waals surface area contributed by atoms with Crippen LogP contribution in [0.3, 0.4) is 0 Å². The maximum Gasteiger partial charge on any atom is 0.0933 e. The standard InChI is InChI=1S/C10H12BrNO/c11-9-3-1-2-8(6-13-12)10(9)7-4-5-7/h1-3,7H,4-6,12H2. The summed E-state index contributed by atoms with van der Waals surface area (Å²) in [4.78, 5) is 4.68. The predicted octanol–water partition coefficient (Wildman–Crippen LogP) is 2.72. The molecule has 2 N–H and O–H groups in total. The van der Waals surface area contributed by atoms with Crippen LogP contribution in [0.5, 0.6) is 0 Å². The smallest absolute Gasteiger partial charge is 0.0933 e. The van der Waals surface area contributed by atoms with Crippen LogP contribution in [-0.4, -0.2) is 0 Å². The molecule has 2 rings (SSSR count). The molecule has 1 fully saturated rings. The van der Waals surface area contributed by atoms with Gasteiger partial charge in [0.05, 0.1) is 6.61 Å². The molecule has 1 aromatic carbocycles. The van der Waals surface area contributed by atoms with Crippen molar-refractivity contribution in [2.45, 2.75) is 25.4 Å². The molecule has 0 atom stereocenters. The summed E-state index contributed by atoms with van der Waals surface area (Å²) < 4.78 is 1.18. The fourth-order valence-corrected chi connectivity index (χ4v) is 2.36. The Morgan fingerprint density at radius 1 is 1.46 bits per heavy atom. The van der Waals surface area contributed by atoms with Crippen molar-refractivity contribution in [1.29, 1.82) is 0 Å². The third-order valence-electron chi connectivity index (χ3n) is 2.37. The van der Waals surface area contributed by atoms with Crippen molar-refractivity contribution in [3.8, 4) is 0 Å². The minimum Gasteiger partial charge on any atom is -0.300 e. The van der Waals surface area contributed by atoms with Crippen LogP contribution in [0.15, 0.2) is 22.7 Å². The van der Waals surface area contributed by atoms with Gasteiger partial charge in [-0.3, -0.25) is 4.84 Å². The first-order valence-electron chi connectivity index (χ1n) is 4.42. The van der Waals surface area contributed by atoms with E-state index in [1.165, 1.54) is 28.4 Å². The number of rotatable bonds is 3. The number of nitrogens with two attached hydrogens (primary N) is 1. The summed E-state index contributed by atoms with van der Waals surface area (Å²) in [5, 5.41) is 0. The van der Waals surface area contributed by atoms with Gasteiger partial charge in [-0.1, -0.05) is 28.1 Å². The van der Waals surface area contributed by atoms with Crippen molar-refractivity contribution in [2.75, 3.05) is 0 Å². The van der Waals surface area contributed by atoms with Crippen molar-refractivity contribution in [2.24, 2.45) is 5.90 Å². The van der Waals surface area contributed by atoms with Crippen molar-refractivity contribution in [3.05, 3.63) is 33.8 Å². The number of benzene rings is 1. The maximum atomic E-state index is 5.08. The van der Waals surface area contributed by atoms with Crippen LogP contribution in [-0.2, 0) is 11.4 Å². The third-order valence-corrected chi connectivity index (χ3v) is 3.06. The van der Waals surface area contributed by atoms with Gasteiger partial charge in [-0.2, -0.15) is 0 Å². The number of halogens is 1. The van der Waals surface area contributed by atoms with Gasteiger partial charge in [-0.05, 0) is 36.0 Å². The lowest BCUT2D eigenvalue weighted by Gasteiger charge is -2.09. The van der Waals surface area contributed by atoms with Crippen molar-refractivity contribution in [1.82, 2.24) is 0 Å². The van der Waals surface area contributed by atoms with E-state index in [2.05, 4.69) is 32.9 Å². The molecule has 13 heavy (non-hydrogen) atoms. The molecule has 1 aromatic rings. The van der Waals surface area contributed by atoms with E-state index in [-0.39, 0.29) is 0 Å². The summed E-state index contributed by atoms with van der Waals surface area (Å²) in [6.45, 7) is 0.505. The molecule has 0 unspecified atom stereocenters. The highest BCUT2D eigenvalue weighted by Gasteiger charge is 2.27. The molecule has 1 aliphatic rings. The molecule has 0 heterocycles. The zero-order valence-electron chi connectivity index (χ0n) is 7.29. The lowest BCUT2D eigenvalue weighted by atomic mass is 10.0. The third kappa shape index (κ3) is 1.93. The maximum absolute atomic E-state index is 5.08. The molecule has 2 nitrogen and oxygen atoms in total. The highest BCUT2D eigenvalue weighted by Crippen LogP contribution is 2.44. The van der Waals surface area contributed by atoms with Crippen LogP contribution in [0.25, 0.3) is 0 Å². The Labute approximate surface area is 86.2 Å². The van der Waals surface area contributed by atoms with Crippen molar-refractivity contribution < 1.29 is 4.84 Å². The van der Waals surface area contributed by atoms with E-state index in [0.29, 0.717) is 6.61 Å². The molecule has 0 saturated heterocycles. The summed E-state index contributed by atoms with van der Waals surface area (Å²) in [5.74, 6) is 5.81. The SMILES string of the molecule is NOCc1cccc(Br)c1C1CC1. The Kier molecular flexibility index (Phi) is 2.67. The average Bonchev–Trinajstić information content (AvgIpc) is 2.88. The Morgan fingerprint density at radius 3 is 2.85 bits per heavy atom. The average molecular weight is 242 g/mol. The molecule has 3 heteroatoms. The van der Waals surface area contributed by atoms with Gasteiger partial charge in [0.2, 0.25) is 0 Å². The molecule has 0 amide bonds. The topological polar surface area (TPSA) is 35.2 Å². The Hall–Kier alpha value is -0.380. The fraction of sp³-hybridized carbons (Fsp3) is 0.400. The van der Waals surface area contributed by atoms with E-state index in [1.807, 2.05) is 6.07 Å². The van der Waals surface area contributed by atoms with E-state index in [4.69, 9.17) is 5.90 Å². The van der Waals surface area contributed by atoms with Crippen LogP contribution in [0.1, 0.15) is 29.9 Å². The van der Waals surface area contributed by atoms with E-state index in [9.17, 15) is 0 Å². The van der Waals surface area contributed by atoms with Crippen molar-refractivity contribution in [3.63, 3.8) is 0 Å². The van der Waals surface area contributed by atoms with E-state index in [1.54, 1.807) is 0 Å². The molecule has 1 aliphatic carbocycles. The molecule has 70 valence electrons. The molecule has 0 aromatic heterocycles. The summed E-state index contributed by atoms with van der Waals surface area (Å²) in [7, 11) is 0. The zero-order valence-corrected chi connectivity index (χ0v) is 8.88. The summed E-state index contributed by atoms with van der Waals surface area (Å²) in [6, 6.07) is 6.17. The van der Waals surface area contributed by atoms with Gasteiger partial charge in [0.15, 0.2) is 0 Å². The highest BCUT2D eigenvalue weighted by molar-refractivity contribution is 9.10. The second kappa shape index (κ2) is 3.78. The number of hydrogen-bond acceptors (Lipinski definition) is 2. The predicted molar refractivity (Wildman–Crippen MR) is 55.1 cm³/mol. The van der Waals surface area contributed by atoms with Gasteiger partial charge in [-0.25, -0.2) is 5.90 Å². The monoisotopic (exact) mass is 241 g/mol. The van der Waals surface area contributed by atoms with Gasteiger partial charge in [-0.15, -0.1) is 0 Å². The first kappa shape index (κ1) is 9.19. The Balaban J connectivity index is 2.35. The largest absolute Gasteiger partial charge is 0.300 e. The van der Waals surface area contributed by atoms with E-state index < -0.39 is 0 Å². The van der Waals surface area contributed by atoms with Gasteiger partial charge in [0.25, 0.3) is 0 Å². The second-order valence-electron chi connectivity index (χ2n) is 3.40. The van der Waals surface area contributed by atoms with Gasteiger partial charge in [0, 0.05) is 4.47 Å². The van der Waals surface area contributed by atoms with Crippen LogP contribution in [0, 0.1) is 0 Å². The summed E-state index contributed by atoms with van der Waals surface area (Å²) in [6.07, 6.45) is 2.58. The lowest BCUT2D eigenvalue weighted by Crippen LogP contribution is -2.02. The number of hydrogen-bond donors (Lipinski definition) is 1. The van der Waals surface area contributed by atoms with Crippen molar-refractivity contribution >= 4 is 15.9 Å². The normalized spacial score (nSPS) is 16.2. The van der Waals surface area contributed by atoms with Crippen LogP contribution in [0.4, 0.5) is 0 Å². The zero-order chi connectivity index (χ0) is 9.26. The quantitative estimate of drug-likeness (QED) is 0.827. The highest BCUT2D eigenvalue weighted by atomic mass is 79.9. The fourth-order valence-electron chi connectivity index (χ4n) is 1.63. The second-order valence-corrected chi connectivity index (χ2v) is 4.25. The van der Waals surface area contributed by atoms with Crippen LogP contribution < -0.4 is 5.90 Å². The minimum absolute atomic E-state index is 0.505. The van der Waals surface area contributed by atoms with Crippen LogP contribution >= 0.6 is 15.9 Å². The molecular weight excluding hydrogens is 230 g/mol. The lowest BCUT2D eigenvalue weighted by molar-refractivity contribution is 0.123. The molecule has 0 aliphatic heterocycles. The molecule has 1 saturated carbocycles. The first-order chi connectivity index (χ1) is 6.33. The Bertz CT molecular complexity index is 310. The summed E-state index contributed by atoms with van der Waals surface area (Å²) in [5.41, 5.74) is 2.59.